The number of benzene rings is 1. The molecule has 0 radical (unpaired) electrons. The fraction of sp³-hybridized carbons (Fsp3) is 0.300. The molecule has 64 valence electrons. The lowest BCUT2D eigenvalue weighted by molar-refractivity contribution is 0.0802. The van der Waals surface area contributed by atoms with Gasteiger partial charge in [-0.3, -0.25) is 4.79 Å². The second-order valence-corrected chi connectivity index (χ2v) is 2.69. The molecule has 0 aliphatic heterocycles. The molecule has 12 heavy (non-hydrogen) atoms. The number of amides is 1. The Hall–Kier alpha value is -1.31. The molecule has 0 aliphatic rings. The minimum atomic E-state index is 0.0816. The van der Waals surface area contributed by atoms with Crippen molar-refractivity contribution in [3.05, 3.63) is 35.9 Å². The standard InChI is InChI=1S/C10H13NO/c1-3-11(2)10(12)9-7-5-4-6-8-9/h4-8H,3H2,1-2H3. The van der Waals surface area contributed by atoms with E-state index in [0.29, 0.717) is 0 Å². The summed E-state index contributed by atoms with van der Waals surface area (Å²) in [5.41, 5.74) is 0.752. The zero-order chi connectivity index (χ0) is 8.97. The van der Waals surface area contributed by atoms with Crippen molar-refractivity contribution in [2.24, 2.45) is 0 Å². The first-order valence-corrected chi connectivity index (χ1v) is 4.06. The van der Waals surface area contributed by atoms with Crippen LogP contribution in [0.2, 0.25) is 0 Å². The van der Waals surface area contributed by atoms with Crippen LogP contribution in [0.3, 0.4) is 0 Å². The van der Waals surface area contributed by atoms with E-state index in [1.54, 1.807) is 11.9 Å². The van der Waals surface area contributed by atoms with Crippen molar-refractivity contribution in [1.82, 2.24) is 4.90 Å². The Labute approximate surface area is 72.8 Å². The second kappa shape index (κ2) is 3.90. The van der Waals surface area contributed by atoms with Crippen molar-refractivity contribution in [2.75, 3.05) is 13.6 Å². The van der Waals surface area contributed by atoms with E-state index in [2.05, 4.69) is 0 Å². The molecule has 1 aromatic carbocycles. The third-order valence-electron chi connectivity index (χ3n) is 1.84. The highest BCUT2D eigenvalue weighted by molar-refractivity contribution is 5.93. The monoisotopic (exact) mass is 163 g/mol. The summed E-state index contributed by atoms with van der Waals surface area (Å²) < 4.78 is 0. The highest BCUT2D eigenvalue weighted by Crippen LogP contribution is 2.01. The first kappa shape index (κ1) is 8.78. The fourth-order valence-corrected chi connectivity index (χ4v) is 0.945. The maximum absolute atomic E-state index is 11.5. The zero-order valence-electron chi connectivity index (χ0n) is 7.45. The van der Waals surface area contributed by atoms with Gasteiger partial charge in [0.05, 0.1) is 0 Å². The molecule has 0 heterocycles. The smallest absolute Gasteiger partial charge is 0.253 e. The quantitative estimate of drug-likeness (QED) is 0.650. The van der Waals surface area contributed by atoms with Crippen LogP contribution in [0.5, 0.6) is 0 Å². The van der Waals surface area contributed by atoms with Gasteiger partial charge in [0.2, 0.25) is 0 Å². The number of carbonyl (C=O) groups excluding carboxylic acids is 1. The lowest BCUT2D eigenvalue weighted by Gasteiger charge is -2.13. The average molecular weight is 163 g/mol. The topological polar surface area (TPSA) is 20.3 Å². The van der Waals surface area contributed by atoms with Gasteiger partial charge in [0.25, 0.3) is 5.91 Å². The molecule has 0 atom stereocenters. The first-order valence-electron chi connectivity index (χ1n) is 4.06. The molecule has 0 unspecified atom stereocenters. The summed E-state index contributed by atoms with van der Waals surface area (Å²) in [6, 6.07) is 9.30. The number of hydrogen-bond acceptors (Lipinski definition) is 1. The Balaban J connectivity index is 2.79. The molecule has 0 saturated carbocycles. The Morgan fingerprint density at radius 1 is 1.33 bits per heavy atom. The predicted molar refractivity (Wildman–Crippen MR) is 49.1 cm³/mol. The summed E-state index contributed by atoms with van der Waals surface area (Å²) in [5.74, 6) is 0.0816. The van der Waals surface area contributed by atoms with Crippen molar-refractivity contribution in [3.63, 3.8) is 0 Å². The molecule has 0 saturated heterocycles. The van der Waals surface area contributed by atoms with E-state index in [1.165, 1.54) is 0 Å². The number of carbonyl (C=O) groups is 1. The van der Waals surface area contributed by atoms with Gasteiger partial charge in [0, 0.05) is 19.2 Å². The van der Waals surface area contributed by atoms with Crippen LogP contribution in [0.15, 0.2) is 30.3 Å². The van der Waals surface area contributed by atoms with E-state index in [-0.39, 0.29) is 5.91 Å². The molecule has 0 N–H and O–H groups in total. The van der Waals surface area contributed by atoms with Crippen LogP contribution in [0.25, 0.3) is 0 Å². The van der Waals surface area contributed by atoms with E-state index >= 15 is 0 Å². The van der Waals surface area contributed by atoms with Crippen LogP contribution in [0.4, 0.5) is 0 Å². The summed E-state index contributed by atoms with van der Waals surface area (Å²) in [6.45, 7) is 2.70. The number of nitrogens with zero attached hydrogens (tertiary/aromatic N) is 1. The maximum Gasteiger partial charge on any atom is 0.253 e. The van der Waals surface area contributed by atoms with E-state index in [1.807, 2.05) is 37.3 Å². The van der Waals surface area contributed by atoms with Crippen molar-refractivity contribution in [3.8, 4) is 0 Å². The van der Waals surface area contributed by atoms with Crippen molar-refractivity contribution < 1.29 is 4.79 Å². The molecule has 1 aromatic rings. The third kappa shape index (κ3) is 1.84. The Kier molecular flexibility index (Phi) is 2.86. The predicted octanol–water partition coefficient (Wildman–Crippen LogP) is 1.78. The van der Waals surface area contributed by atoms with E-state index < -0.39 is 0 Å². The van der Waals surface area contributed by atoms with Gasteiger partial charge in [-0.15, -0.1) is 0 Å². The fourth-order valence-electron chi connectivity index (χ4n) is 0.945. The van der Waals surface area contributed by atoms with Gasteiger partial charge >= 0.3 is 0 Å². The first-order chi connectivity index (χ1) is 5.75. The largest absolute Gasteiger partial charge is 0.342 e. The van der Waals surface area contributed by atoms with Gasteiger partial charge < -0.3 is 4.90 Å². The summed E-state index contributed by atoms with van der Waals surface area (Å²) in [4.78, 5) is 13.2. The maximum atomic E-state index is 11.5. The highest BCUT2D eigenvalue weighted by atomic mass is 16.2. The molecular formula is C10H13NO. The second-order valence-electron chi connectivity index (χ2n) is 2.69. The van der Waals surface area contributed by atoms with Crippen LogP contribution in [-0.2, 0) is 0 Å². The number of hydrogen-bond donors (Lipinski definition) is 0. The van der Waals surface area contributed by atoms with Crippen LogP contribution < -0.4 is 0 Å². The molecule has 2 heteroatoms. The van der Waals surface area contributed by atoms with Crippen molar-refractivity contribution >= 4 is 5.91 Å². The molecule has 0 bridgehead atoms. The number of rotatable bonds is 2. The van der Waals surface area contributed by atoms with Crippen LogP contribution in [0, 0.1) is 0 Å². The zero-order valence-corrected chi connectivity index (χ0v) is 7.45. The Morgan fingerprint density at radius 2 is 1.92 bits per heavy atom. The normalized spacial score (nSPS) is 9.50. The molecule has 0 fully saturated rings. The molecule has 0 aromatic heterocycles. The molecule has 0 aliphatic carbocycles. The molecule has 1 rings (SSSR count). The molecule has 2 nitrogen and oxygen atoms in total. The minimum absolute atomic E-state index is 0.0816. The van der Waals surface area contributed by atoms with E-state index in [0.717, 1.165) is 12.1 Å². The van der Waals surface area contributed by atoms with Gasteiger partial charge in [0.1, 0.15) is 0 Å². The van der Waals surface area contributed by atoms with Crippen LogP contribution in [-0.4, -0.2) is 24.4 Å². The van der Waals surface area contributed by atoms with Gasteiger partial charge in [0.15, 0.2) is 0 Å². The SMILES string of the molecule is CCN(C)C(=O)c1ccccc1. The summed E-state index contributed by atoms with van der Waals surface area (Å²) >= 11 is 0. The van der Waals surface area contributed by atoms with Gasteiger partial charge in [-0.1, -0.05) is 18.2 Å². The Bertz CT molecular complexity index is 256. The minimum Gasteiger partial charge on any atom is -0.342 e. The van der Waals surface area contributed by atoms with Crippen LogP contribution >= 0.6 is 0 Å². The summed E-state index contributed by atoms with van der Waals surface area (Å²) in [5, 5.41) is 0. The molecule has 0 spiro atoms. The highest BCUT2D eigenvalue weighted by Gasteiger charge is 2.07. The van der Waals surface area contributed by atoms with E-state index in [9.17, 15) is 4.79 Å². The Morgan fingerprint density at radius 3 is 2.42 bits per heavy atom. The summed E-state index contributed by atoms with van der Waals surface area (Å²) in [6.07, 6.45) is 0. The van der Waals surface area contributed by atoms with E-state index in [4.69, 9.17) is 0 Å². The summed E-state index contributed by atoms with van der Waals surface area (Å²) in [7, 11) is 1.80. The van der Waals surface area contributed by atoms with Gasteiger partial charge in [-0.2, -0.15) is 0 Å². The van der Waals surface area contributed by atoms with Crippen molar-refractivity contribution in [1.29, 1.82) is 0 Å². The van der Waals surface area contributed by atoms with Gasteiger partial charge in [-0.05, 0) is 19.1 Å². The molecule has 1 amide bonds. The lowest BCUT2D eigenvalue weighted by Crippen LogP contribution is -2.25. The molecular weight excluding hydrogens is 150 g/mol. The third-order valence-corrected chi connectivity index (χ3v) is 1.84. The van der Waals surface area contributed by atoms with Gasteiger partial charge in [-0.25, -0.2) is 0 Å². The van der Waals surface area contributed by atoms with Crippen molar-refractivity contribution in [2.45, 2.75) is 6.92 Å². The van der Waals surface area contributed by atoms with Crippen LogP contribution in [0.1, 0.15) is 17.3 Å². The lowest BCUT2D eigenvalue weighted by atomic mass is 10.2. The average Bonchev–Trinajstić information content (AvgIpc) is 2.17.